The maximum absolute atomic E-state index is 4.50. The fraction of sp³-hybridized carbons (Fsp3) is 0.500. The molecule has 0 bridgehead atoms. The average Bonchev–Trinajstić information content (AvgIpc) is 2.85. The zero-order valence-corrected chi connectivity index (χ0v) is 11.5. The molecule has 1 unspecified atom stereocenters. The van der Waals surface area contributed by atoms with Crippen LogP contribution in [0.5, 0.6) is 0 Å². The maximum Gasteiger partial charge on any atom is 0.0898 e. The van der Waals surface area contributed by atoms with Crippen molar-refractivity contribution < 1.29 is 0 Å². The molecule has 0 aliphatic rings. The first kappa shape index (κ1) is 12.1. The second-order valence-electron chi connectivity index (χ2n) is 4.17. The predicted molar refractivity (Wildman–Crippen MR) is 71.5 cm³/mol. The minimum absolute atomic E-state index is 0.217. The molecule has 17 heavy (non-hydrogen) atoms. The standard InChI is InChI=1S/C12H18N4S/c1-5-10-11(6-16(4)15-10)13-8(2)12-7-17-9(3)14-12/h6-8,13H,5H2,1-4H3. The Morgan fingerprint density at radius 3 is 2.88 bits per heavy atom. The first-order valence-corrected chi connectivity index (χ1v) is 6.69. The number of aromatic nitrogens is 3. The Bertz CT molecular complexity index is 500. The van der Waals surface area contributed by atoms with Crippen molar-refractivity contribution in [3.8, 4) is 0 Å². The van der Waals surface area contributed by atoms with Crippen molar-refractivity contribution in [1.82, 2.24) is 14.8 Å². The molecule has 0 spiro atoms. The van der Waals surface area contributed by atoms with Crippen LogP contribution >= 0.6 is 11.3 Å². The van der Waals surface area contributed by atoms with Crippen LogP contribution in [0, 0.1) is 6.92 Å². The van der Waals surface area contributed by atoms with Crippen molar-refractivity contribution >= 4 is 17.0 Å². The van der Waals surface area contributed by atoms with E-state index in [0.717, 1.165) is 28.5 Å². The highest BCUT2D eigenvalue weighted by molar-refractivity contribution is 7.09. The summed E-state index contributed by atoms with van der Waals surface area (Å²) in [5.74, 6) is 0. The molecule has 5 heteroatoms. The van der Waals surface area contributed by atoms with Crippen molar-refractivity contribution in [1.29, 1.82) is 0 Å². The summed E-state index contributed by atoms with van der Waals surface area (Å²) in [4.78, 5) is 4.50. The van der Waals surface area contributed by atoms with E-state index in [9.17, 15) is 0 Å². The Kier molecular flexibility index (Phi) is 3.47. The van der Waals surface area contributed by atoms with E-state index in [-0.39, 0.29) is 6.04 Å². The molecule has 4 nitrogen and oxygen atoms in total. The van der Waals surface area contributed by atoms with Gasteiger partial charge in [-0.3, -0.25) is 4.68 Å². The second kappa shape index (κ2) is 4.87. The van der Waals surface area contributed by atoms with Gasteiger partial charge in [0.15, 0.2) is 0 Å². The van der Waals surface area contributed by atoms with Crippen LogP contribution < -0.4 is 5.32 Å². The first-order valence-electron chi connectivity index (χ1n) is 5.81. The molecule has 1 N–H and O–H groups in total. The molecule has 92 valence electrons. The normalized spacial score (nSPS) is 12.7. The summed E-state index contributed by atoms with van der Waals surface area (Å²) in [6.45, 7) is 6.27. The van der Waals surface area contributed by atoms with E-state index >= 15 is 0 Å². The second-order valence-corrected chi connectivity index (χ2v) is 5.24. The van der Waals surface area contributed by atoms with E-state index in [0.29, 0.717) is 0 Å². The van der Waals surface area contributed by atoms with Gasteiger partial charge in [-0.1, -0.05) is 6.92 Å². The maximum atomic E-state index is 4.50. The predicted octanol–water partition coefficient (Wildman–Crippen LogP) is 2.92. The Morgan fingerprint density at radius 2 is 2.29 bits per heavy atom. The molecule has 1 atom stereocenters. The lowest BCUT2D eigenvalue weighted by atomic mass is 10.2. The molecule has 0 saturated carbocycles. The van der Waals surface area contributed by atoms with Crippen LogP contribution in [0.3, 0.4) is 0 Å². The van der Waals surface area contributed by atoms with Gasteiger partial charge in [-0.05, 0) is 20.3 Å². The Labute approximate surface area is 106 Å². The highest BCUT2D eigenvalue weighted by Gasteiger charge is 2.12. The van der Waals surface area contributed by atoms with Crippen molar-refractivity contribution in [2.24, 2.45) is 7.05 Å². The van der Waals surface area contributed by atoms with Crippen LogP contribution in [-0.2, 0) is 13.5 Å². The Balaban J connectivity index is 2.14. The van der Waals surface area contributed by atoms with Crippen LogP contribution in [0.15, 0.2) is 11.6 Å². The molecular weight excluding hydrogens is 232 g/mol. The molecule has 0 radical (unpaired) electrons. The molecular formula is C12H18N4S. The van der Waals surface area contributed by atoms with Crippen LogP contribution in [0.2, 0.25) is 0 Å². The number of rotatable bonds is 4. The van der Waals surface area contributed by atoms with Gasteiger partial charge >= 0.3 is 0 Å². The quantitative estimate of drug-likeness (QED) is 0.907. The molecule has 0 aromatic carbocycles. The lowest BCUT2D eigenvalue weighted by Crippen LogP contribution is -2.07. The fourth-order valence-corrected chi connectivity index (χ4v) is 2.51. The van der Waals surface area contributed by atoms with E-state index in [4.69, 9.17) is 0 Å². The van der Waals surface area contributed by atoms with Gasteiger partial charge in [-0.2, -0.15) is 5.10 Å². The smallest absolute Gasteiger partial charge is 0.0898 e. The molecule has 0 fully saturated rings. The molecule has 2 rings (SSSR count). The SMILES string of the molecule is CCc1nn(C)cc1NC(C)c1csc(C)n1. The van der Waals surface area contributed by atoms with Crippen LogP contribution in [-0.4, -0.2) is 14.8 Å². The third-order valence-electron chi connectivity index (χ3n) is 2.69. The lowest BCUT2D eigenvalue weighted by Gasteiger charge is -2.12. The summed E-state index contributed by atoms with van der Waals surface area (Å²) in [7, 11) is 1.95. The van der Waals surface area contributed by atoms with Crippen molar-refractivity contribution in [3.05, 3.63) is 28.0 Å². The lowest BCUT2D eigenvalue weighted by molar-refractivity contribution is 0.746. The van der Waals surface area contributed by atoms with Crippen molar-refractivity contribution in [3.63, 3.8) is 0 Å². The number of hydrogen-bond acceptors (Lipinski definition) is 4. The van der Waals surface area contributed by atoms with Gasteiger partial charge in [0.25, 0.3) is 0 Å². The minimum atomic E-state index is 0.217. The molecule has 2 heterocycles. The Morgan fingerprint density at radius 1 is 1.53 bits per heavy atom. The molecule has 0 aliphatic carbocycles. The third-order valence-corrected chi connectivity index (χ3v) is 3.48. The fourth-order valence-electron chi connectivity index (χ4n) is 1.80. The topological polar surface area (TPSA) is 42.7 Å². The third kappa shape index (κ3) is 2.66. The van der Waals surface area contributed by atoms with E-state index in [1.807, 2.05) is 24.9 Å². The van der Waals surface area contributed by atoms with Crippen LogP contribution in [0.1, 0.15) is 36.3 Å². The largest absolute Gasteiger partial charge is 0.374 e. The summed E-state index contributed by atoms with van der Waals surface area (Å²) < 4.78 is 1.85. The summed E-state index contributed by atoms with van der Waals surface area (Å²) in [6.07, 6.45) is 2.96. The minimum Gasteiger partial charge on any atom is -0.374 e. The van der Waals surface area contributed by atoms with Crippen LogP contribution in [0.4, 0.5) is 5.69 Å². The highest BCUT2D eigenvalue weighted by Crippen LogP contribution is 2.23. The molecule has 2 aromatic rings. The monoisotopic (exact) mass is 250 g/mol. The van der Waals surface area contributed by atoms with Gasteiger partial charge in [-0.25, -0.2) is 4.98 Å². The van der Waals surface area contributed by atoms with E-state index in [2.05, 4.69) is 34.6 Å². The summed E-state index contributed by atoms with van der Waals surface area (Å²) in [5, 5.41) is 11.1. The van der Waals surface area contributed by atoms with E-state index < -0.39 is 0 Å². The number of nitrogens with zero attached hydrogens (tertiary/aromatic N) is 3. The van der Waals surface area contributed by atoms with Gasteiger partial charge < -0.3 is 5.32 Å². The van der Waals surface area contributed by atoms with E-state index in [1.54, 1.807) is 11.3 Å². The average molecular weight is 250 g/mol. The van der Waals surface area contributed by atoms with E-state index in [1.165, 1.54) is 0 Å². The number of hydrogen-bond donors (Lipinski definition) is 1. The Hall–Kier alpha value is -1.36. The van der Waals surface area contributed by atoms with Crippen molar-refractivity contribution in [2.75, 3.05) is 5.32 Å². The van der Waals surface area contributed by atoms with Gasteiger partial charge in [-0.15, -0.1) is 11.3 Å². The van der Waals surface area contributed by atoms with Gasteiger partial charge in [0.1, 0.15) is 0 Å². The first-order chi connectivity index (χ1) is 8.10. The molecule has 0 amide bonds. The molecule has 0 aliphatic heterocycles. The summed E-state index contributed by atoms with van der Waals surface area (Å²) in [6, 6.07) is 0.217. The zero-order chi connectivity index (χ0) is 12.4. The van der Waals surface area contributed by atoms with Gasteiger partial charge in [0.05, 0.1) is 28.1 Å². The molecule has 2 aromatic heterocycles. The van der Waals surface area contributed by atoms with Crippen molar-refractivity contribution in [2.45, 2.75) is 33.2 Å². The zero-order valence-electron chi connectivity index (χ0n) is 10.7. The van der Waals surface area contributed by atoms with Crippen LogP contribution in [0.25, 0.3) is 0 Å². The highest BCUT2D eigenvalue weighted by atomic mass is 32.1. The van der Waals surface area contributed by atoms with Gasteiger partial charge in [0, 0.05) is 18.6 Å². The summed E-state index contributed by atoms with van der Waals surface area (Å²) in [5.41, 5.74) is 3.30. The summed E-state index contributed by atoms with van der Waals surface area (Å²) >= 11 is 1.69. The number of nitrogens with one attached hydrogen (secondary N) is 1. The number of anilines is 1. The number of aryl methyl sites for hydroxylation is 3. The number of thiazole rings is 1. The molecule has 0 saturated heterocycles. The van der Waals surface area contributed by atoms with Gasteiger partial charge in [0.2, 0.25) is 0 Å².